The smallest absolute Gasteiger partial charge is 0.0672 e. The number of rotatable bonds is 11. The minimum Gasteiger partial charge on any atom is -0.383 e. The number of methoxy groups -OCH3 is 1. The van der Waals surface area contributed by atoms with Crippen molar-refractivity contribution in [3.05, 3.63) is 0 Å². The fourth-order valence-corrected chi connectivity index (χ4v) is 4.11. The van der Waals surface area contributed by atoms with E-state index in [2.05, 4.69) is 24.0 Å². The Balaban J connectivity index is 1.84. The first-order valence-electron chi connectivity index (χ1n) is 8.21. The molecule has 0 aromatic heterocycles. The highest BCUT2D eigenvalue weighted by Crippen LogP contribution is 2.49. The van der Waals surface area contributed by atoms with E-state index in [1.165, 1.54) is 43.6 Å². The van der Waals surface area contributed by atoms with Crippen LogP contribution >= 0.6 is 11.8 Å². The number of hydrogen-bond donors (Lipinski definition) is 1. The lowest BCUT2D eigenvalue weighted by atomic mass is 9.75. The van der Waals surface area contributed by atoms with Gasteiger partial charge in [-0.3, -0.25) is 0 Å². The molecule has 0 radical (unpaired) electrons. The lowest BCUT2D eigenvalue weighted by Crippen LogP contribution is -2.42. The summed E-state index contributed by atoms with van der Waals surface area (Å²) < 4.78 is 11.3. The molecule has 0 spiro atoms. The van der Waals surface area contributed by atoms with E-state index in [1.54, 1.807) is 7.11 Å². The highest BCUT2D eigenvalue weighted by Gasteiger charge is 2.50. The van der Waals surface area contributed by atoms with Gasteiger partial charge in [0.25, 0.3) is 0 Å². The fraction of sp³-hybridized carbons (Fsp3) is 1.00. The van der Waals surface area contributed by atoms with Crippen LogP contribution in [0, 0.1) is 11.3 Å². The Bertz CT molecular complexity index is 259. The van der Waals surface area contributed by atoms with Crippen LogP contribution in [0.25, 0.3) is 0 Å². The van der Waals surface area contributed by atoms with Crippen molar-refractivity contribution in [2.75, 3.05) is 44.9 Å². The molecule has 2 unspecified atom stereocenters. The lowest BCUT2D eigenvalue weighted by Gasteiger charge is -2.35. The molecular weight excluding hydrogens is 270 g/mol. The summed E-state index contributed by atoms with van der Waals surface area (Å²) >= 11 is 2.07. The minimum atomic E-state index is 0.392. The predicted molar refractivity (Wildman–Crippen MR) is 86.5 cm³/mol. The quantitative estimate of drug-likeness (QED) is 0.594. The third kappa shape index (κ3) is 4.62. The average molecular weight is 301 g/mol. The van der Waals surface area contributed by atoms with Crippen LogP contribution < -0.4 is 5.32 Å². The highest BCUT2D eigenvalue weighted by molar-refractivity contribution is 7.99. The van der Waals surface area contributed by atoms with Crippen molar-refractivity contribution in [3.63, 3.8) is 0 Å². The zero-order valence-electron chi connectivity index (χ0n) is 13.2. The summed E-state index contributed by atoms with van der Waals surface area (Å²) in [6.45, 7) is 6.08. The summed E-state index contributed by atoms with van der Waals surface area (Å²) in [6.07, 6.45) is 7.18. The van der Waals surface area contributed by atoms with E-state index in [4.69, 9.17) is 9.47 Å². The van der Waals surface area contributed by atoms with E-state index in [0.29, 0.717) is 11.5 Å². The molecule has 1 heterocycles. The van der Waals surface area contributed by atoms with Gasteiger partial charge in [-0.25, -0.2) is 0 Å². The zero-order valence-corrected chi connectivity index (χ0v) is 14.0. The van der Waals surface area contributed by atoms with Gasteiger partial charge in [-0.1, -0.05) is 6.92 Å². The maximum absolute atomic E-state index is 6.13. The van der Waals surface area contributed by atoms with Crippen LogP contribution in [0.4, 0.5) is 0 Å². The number of thioether (sulfide) groups is 1. The molecular formula is C16H31NO2S. The molecule has 0 amide bonds. The van der Waals surface area contributed by atoms with Crippen molar-refractivity contribution in [3.8, 4) is 0 Å². The molecule has 1 saturated heterocycles. The normalized spacial score (nSPS) is 30.0. The molecule has 0 aromatic carbocycles. The second-order valence-electron chi connectivity index (χ2n) is 6.21. The summed E-state index contributed by atoms with van der Waals surface area (Å²) in [5.74, 6) is 3.38. The van der Waals surface area contributed by atoms with Crippen molar-refractivity contribution in [2.24, 2.45) is 11.3 Å². The van der Waals surface area contributed by atoms with Crippen molar-refractivity contribution < 1.29 is 9.47 Å². The van der Waals surface area contributed by atoms with E-state index in [-0.39, 0.29) is 0 Å². The zero-order chi connectivity index (χ0) is 14.3. The standard InChI is InChI=1S/C16H31NO2S/c1-3-20-12-4-7-16(13-17-9-11-18-2)8-10-19-15(16)14-5-6-14/h14-15,17H,3-13H2,1-2H3. The van der Waals surface area contributed by atoms with Gasteiger partial charge >= 0.3 is 0 Å². The maximum atomic E-state index is 6.13. The van der Waals surface area contributed by atoms with Crippen LogP contribution in [0.3, 0.4) is 0 Å². The van der Waals surface area contributed by atoms with Gasteiger partial charge in [-0.15, -0.1) is 0 Å². The first-order chi connectivity index (χ1) is 9.82. The Morgan fingerprint density at radius 1 is 1.40 bits per heavy atom. The fourth-order valence-electron chi connectivity index (χ4n) is 3.47. The molecule has 1 aliphatic carbocycles. The predicted octanol–water partition coefficient (Wildman–Crippen LogP) is 2.94. The molecule has 1 N–H and O–H groups in total. The summed E-state index contributed by atoms with van der Waals surface area (Å²) in [4.78, 5) is 0. The summed E-state index contributed by atoms with van der Waals surface area (Å²) in [5, 5.41) is 3.61. The molecule has 2 aliphatic rings. The van der Waals surface area contributed by atoms with Crippen LogP contribution in [0.15, 0.2) is 0 Å². The van der Waals surface area contributed by atoms with E-state index in [9.17, 15) is 0 Å². The molecule has 2 rings (SSSR count). The Morgan fingerprint density at radius 3 is 2.95 bits per heavy atom. The third-order valence-electron chi connectivity index (χ3n) is 4.68. The molecule has 20 heavy (non-hydrogen) atoms. The third-order valence-corrected chi connectivity index (χ3v) is 5.66. The van der Waals surface area contributed by atoms with Crippen molar-refractivity contribution >= 4 is 11.8 Å². The van der Waals surface area contributed by atoms with Gasteiger partial charge in [0.05, 0.1) is 12.7 Å². The summed E-state index contributed by atoms with van der Waals surface area (Å²) in [5.41, 5.74) is 0.392. The van der Waals surface area contributed by atoms with Crippen LogP contribution in [0.1, 0.15) is 39.0 Å². The molecule has 0 aromatic rings. The van der Waals surface area contributed by atoms with Gasteiger partial charge in [0, 0.05) is 32.2 Å². The molecule has 0 bridgehead atoms. The van der Waals surface area contributed by atoms with Crippen molar-refractivity contribution in [2.45, 2.75) is 45.1 Å². The Labute approximate surface area is 128 Å². The van der Waals surface area contributed by atoms with Gasteiger partial charge in [0.1, 0.15) is 0 Å². The topological polar surface area (TPSA) is 30.5 Å². The van der Waals surface area contributed by atoms with E-state index >= 15 is 0 Å². The highest BCUT2D eigenvalue weighted by atomic mass is 32.2. The molecule has 118 valence electrons. The maximum Gasteiger partial charge on any atom is 0.0672 e. The van der Waals surface area contributed by atoms with Gasteiger partial charge < -0.3 is 14.8 Å². The van der Waals surface area contributed by atoms with Crippen LogP contribution in [-0.4, -0.2) is 51.0 Å². The van der Waals surface area contributed by atoms with Crippen LogP contribution in [0.5, 0.6) is 0 Å². The van der Waals surface area contributed by atoms with E-state index in [1.807, 2.05) is 0 Å². The second-order valence-corrected chi connectivity index (χ2v) is 7.61. The molecule has 2 atom stereocenters. The summed E-state index contributed by atoms with van der Waals surface area (Å²) in [6, 6.07) is 0. The average Bonchev–Trinajstić information content (AvgIpc) is 3.22. The van der Waals surface area contributed by atoms with Crippen LogP contribution in [-0.2, 0) is 9.47 Å². The van der Waals surface area contributed by atoms with E-state index < -0.39 is 0 Å². The Hall–Kier alpha value is 0.230. The monoisotopic (exact) mass is 301 g/mol. The van der Waals surface area contributed by atoms with Crippen LogP contribution in [0.2, 0.25) is 0 Å². The SMILES string of the molecule is CCSCCCC1(CNCCOC)CCOC1C1CC1. The minimum absolute atomic E-state index is 0.392. The largest absolute Gasteiger partial charge is 0.383 e. The van der Waals surface area contributed by atoms with Gasteiger partial charge in [0.15, 0.2) is 0 Å². The second kappa shape index (κ2) is 8.62. The molecule has 2 fully saturated rings. The Morgan fingerprint density at radius 2 is 2.25 bits per heavy atom. The van der Waals surface area contributed by atoms with E-state index in [0.717, 1.165) is 32.2 Å². The molecule has 3 nitrogen and oxygen atoms in total. The number of hydrogen-bond acceptors (Lipinski definition) is 4. The molecule has 4 heteroatoms. The van der Waals surface area contributed by atoms with Crippen molar-refractivity contribution in [1.29, 1.82) is 0 Å². The summed E-state index contributed by atoms with van der Waals surface area (Å²) in [7, 11) is 1.77. The lowest BCUT2D eigenvalue weighted by molar-refractivity contribution is 0.0256. The van der Waals surface area contributed by atoms with Gasteiger partial charge in [0.2, 0.25) is 0 Å². The van der Waals surface area contributed by atoms with Crippen molar-refractivity contribution in [1.82, 2.24) is 5.32 Å². The van der Waals surface area contributed by atoms with Gasteiger partial charge in [-0.05, 0) is 49.5 Å². The van der Waals surface area contributed by atoms with Gasteiger partial charge in [-0.2, -0.15) is 11.8 Å². The molecule has 1 saturated carbocycles. The first kappa shape index (κ1) is 16.6. The Kier molecular flexibility index (Phi) is 7.15. The molecule has 1 aliphatic heterocycles. The number of nitrogens with one attached hydrogen (secondary N) is 1. The first-order valence-corrected chi connectivity index (χ1v) is 9.37. The number of ether oxygens (including phenoxy) is 2.